The van der Waals surface area contributed by atoms with Gasteiger partial charge in [-0.2, -0.15) is 0 Å². The number of aromatic nitrogens is 1. The van der Waals surface area contributed by atoms with Gasteiger partial charge in [0.2, 0.25) is 5.91 Å². The van der Waals surface area contributed by atoms with E-state index in [1.165, 1.54) is 60.8 Å². The Balaban J connectivity index is 1.30. The lowest BCUT2D eigenvalue weighted by Crippen LogP contribution is -2.53. The van der Waals surface area contributed by atoms with Gasteiger partial charge in [-0.15, -0.1) is 0 Å². The molecule has 5 heteroatoms. The average molecular weight is 393 g/mol. The molecule has 3 aliphatic rings. The van der Waals surface area contributed by atoms with Gasteiger partial charge in [0.1, 0.15) is 0 Å². The maximum absolute atomic E-state index is 11.3. The molecule has 2 aromatic rings. The van der Waals surface area contributed by atoms with Crippen LogP contribution in [0.1, 0.15) is 51.0 Å². The average Bonchev–Trinajstić information content (AvgIpc) is 2.75. The van der Waals surface area contributed by atoms with Gasteiger partial charge in [0.25, 0.3) is 0 Å². The number of hydrogen-bond acceptors (Lipinski definition) is 4. The smallest absolute Gasteiger partial charge is 0.217 e. The van der Waals surface area contributed by atoms with E-state index in [2.05, 4.69) is 44.5 Å². The van der Waals surface area contributed by atoms with Gasteiger partial charge < -0.3 is 10.2 Å². The summed E-state index contributed by atoms with van der Waals surface area (Å²) >= 11 is 0. The number of benzene rings is 1. The summed E-state index contributed by atoms with van der Waals surface area (Å²) in [6, 6.07) is 8.35. The number of nitrogens with zero attached hydrogens (tertiary/aromatic N) is 3. The Labute approximate surface area is 173 Å². The van der Waals surface area contributed by atoms with Crippen LogP contribution in [0, 0.1) is 0 Å². The van der Waals surface area contributed by atoms with E-state index in [9.17, 15) is 4.79 Å². The SMILES string of the molecule is CC(=O)NC1CCC(N2CCCC(N3CCc4cncc5cccc3c45)C2)CC1. The minimum absolute atomic E-state index is 0.112. The van der Waals surface area contributed by atoms with E-state index < -0.39 is 0 Å². The molecule has 1 unspecified atom stereocenters. The molecule has 1 atom stereocenters. The number of rotatable bonds is 3. The Bertz CT molecular complexity index is 884. The molecule has 29 heavy (non-hydrogen) atoms. The Hall–Kier alpha value is -2.14. The van der Waals surface area contributed by atoms with Crippen molar-refractivity contribution in [3.8, 4) is 0 Å². The topological polar surface area (TPSA) is 48.5 Å². The van der Waals surface area contributed by atoms with Gasteiger partial charge in [-0.3, -0.25) is 14.7 Å². The lowest BCUT2D eigenvalue weighted by atomic mass is 9.88. The summed E-state index contributed by atoms with van der Waals surface area (Å²) in [5.74, 6) is 0.112. The van der Waals surface area contributed by atoms with Crippen molar-refractivity contribution in [2.24, 2.45) is 0 Å². The second-order valence-corrected chi connectivity index (χ2v) is 9.11. The van der Waals surface area contributed by atoms with Crippen LogP contribution in [-0.2, 0) is 11.2 Å². The summed E-state index contributed by atoms with van der Waals surface area (Å²) in [4.78, 5) is 21.2. The number of hydrogen-bond donors (Lipinski definition) is 1. The highest BCUT2D eigenvalue weighted by Gasteiger charge is 2.33. The zero-order valence-corrected chi connectivity index (χ0v) is 17.4. The molecule has 1 aromatic heterocycles. The van der Waals surface area contributed by atoms with E-state index in [0.717, 1.165) is 25.8 Å². The first kappa shape index (κ1) is 18.9. The number of nitrogens with one attached hydrogen (secondary N) is 1. The van der Waals surface area contributed by atoms with E-state index in [0.29, 0.717) is 18.1 Å². The molecule has 1 aliphatic carbocycles. The molecule has 5 nitrogen and oxygen atoms in total. The third-order valence-corrected chi connectivity index (χ3v) is 7.26. The van der Waals surface area contributed by atoms with Crippen molar-refractivity contribution in [1.29, 1.82) is 0 Å². The Kier molecular flexibility index (Phi) is 5.17. The van der Waals surface area contributed by atoms with Crippen LogP contribution in [0.4, 0.5) is 5.69 Å². The summed E-state index contributed by atoms with van der Waals surface area (Å²) in [6.07, 6.45) is 12.4. The van der Waals surface area contributed by atoms with E-state index in [-0.39, 0.29) is 5.91 Å². The largest absolute Gasteiger partial charge is 0.366 e. The highest BCUT2D eigenvalue weighted by molar-refractivity contribution is 5.97. The molecule has 3 heterocycles. The van der Waals surface area contributed by atoms with Crippen LogP contribution in [0.15, 0.2) is 30.6 Å². The predicted molar refractivity (Wildman–Crippen MR) is 117 cm³/mol. The van der Waals surface area contributed by atoms with Gasteiger partial charge in [0.05, 0.1) is 0 Å². The monoisotopic (exact) mass is 392 g/mol. The quantitative estimate of drug-likeness (QED) is 0.868. The van der Waals surface area contributed by atoms with Gasteiger partial charge in [-0.1, -0.05) is 12.1 Å². The van der Waals surface area contributed by atoms with Crippen molar-refractivity contribution in [1.82, 2.24) is 15.2 Å². The standard InChI is InChI=1S/C24H32N4O/c1-17(29)26-20-7-9-21(10-8-20)27-12-3-5-22(16-27)28-13-11-19-15-25-14-18-4-2-6-23(28)24(18)19/h2,4,6,14-15,20-22H,3,5,7-13,16H2,1H3,(H,26,29). The Morgan fingerprint density at radius 3 is 2.76 bits per heavy atom. The summed E-state index contributed by atoms with van der Waals surface area (Å²) in [6.45, 7) is 5.14. The van der Waals surface area contributed by atoms with Gasteiger partial charge in [0, 0.05) is 67.0 Å². The lowest BCUT2D eigenvalue weighted by molar-refractivity contribution is -0.119. The zero-order valence-electron chi connectivity index (χ0n) is 17.4. The van der Waals surface area contributed by atoms with Crippen LogP contribution in [0.5, 0.6) is 0 Å². The van der Waals surface area contributed by atoms with Gasteiger partial charge in [-0.25, -0.2) is 0 Å². The lowest BCUT2D eigenvalue weighted by Gasteiger charge is -2.46. The minimum atomic E-state index is 0.112. The van der Waals surface area contributed by atoms with E-state index in [1.807, 2.05) is 6.20 Å². The first-order valence-corrected chi connectivity index (χ1v) is 11.3. The third kappa shape index (κ3) is 3.73. The molecule has 1 amide bonds. The molecule has 1 saturated carbocycles. The number of piperidine rings is 1. The second kappa shape index (κ2) is 7.94. The molecule has 2 fully saturated rings. The number of carbonyl (C=O) groups excluding carboxylic acids is 1. The molecular weight excluding hydrogens is 360 g/mol. The van der Waals surface area contributed by atoms with Gasteiger partial charge in [-0.05, 0) is 63.1 Å². The highest BCUT2D eigenvalue weighted by Crippen LogP contribution is 2.36. The molecule has 0 spiro atoms. The van der Waals surface area contributed by atoms with Crippen LogP contribution in [0.25, 0.3) is 10.8 Å². The molecule has 154 valence electrons. The van der Waals surface area contributed by atoms with E-state index in [4.69, 9.17) is 0 Å². The predicted octanol–water partition coefficient (Wildman–Crippen LogP) is 3.51. The molecular formula is C24H32N4O. The number of pyridine rings is 1. The molecule has 5 rings (SSSR count). The van der Waals surface area contributed by atoms with Gasteiger partial charge >= 0.3 is 0 Å². The Morgan fingerprint density at radius 2 is 1.93 bits per heavy atom. The van der Waals surface area contributed by atoms with Crippen LogP contribution in [0.3, 0.4) is 0 Å². The second-order valence-electron chi connectivity index (χ2n) is 9.11. The fraction of sp³-hybridized carbons (Fsp3) is 0.583. The van der Waals surface area contributed by atoms with Crippen LogP contribution >= 0.6 is 0 Å². The summed E-state index contributed by atoms with van der Waals surface area (Å²) in [5.41, 5.74) is 2.81. The molecule has 0 bridgehead atoms. The molecule has 2 aliphatic heterocycles. The first-order valence-electron chi connectivity index (χ1n) is 11.3. The number of anilines is 1. The van der Waals surface area contributed by atoms with Crippen molar-refractivity contribution in [3.63, 3.8) is 0 Å². The third-order valence-electron chi connectivity index (χ3n) is 7.26. The van der Waals surface area contributed by atoms with Crippen molar-refractivity contribution in [2.75, 3.05) is 24.5 Å². The highest BCUT2D eigenvalue weighted by atomic mass is 16.1. The van der Waals surface area contributed by atoms with Crippen LogP contribution < -0.4 is 10.2 Å². The van der Waals surface area contributed by atoms with Crippen LogP contribution in [-0.4, -0.2) is 53.6 Å². The summed E-state index contributed by atoms with van der Waals surface area (Å²) < 4.78 is 0. The molecule has 1 saturated heterocycles. The molecule has 1 aromatic carbocycles. The van der Waals surface area contributed by atoms with Crippen molar-refractivity contribution in [2.45, 2.75) is 70.0 Å². The first-order chi connectivity index (χ1) is 14.2. The summed E-state index contributed by atoms with van der Waals surface area (Å²) in [5, 5.41) is 5.81. The number of amides is 1. The van der Waals surface area contributed by atoms with Crippen molar-refractivity contribution >= 4 is 22.4 Å². The zero-order chi connectivity index (χ0) is 19.8. The van der Waals surface area contributed by atoms with E-state index >= 15 is 0 Å². The van der Waals surface area contributed by atoms with Crippen molar-refractivity contribution < 1.29 is 4.79 Å². The normalized spacial score (nSPS) is 27.8. The maximum atomic E-state index is 11.3. The Morgan fingerprint density at radius 1 is 1.07 bits per heavy atom. The molecule has 1 N–H and O–H groups in total. The number of likely N-dealkylation sites (tertiary alicyclic amines) is 1. The van der Waals surface area contributed by atoms with Crippen molar-refractivity contribution in [3.05, 3.63) is 36.2 Å². The fourth-order valence-corrected chi connectivity index (χ4v) is 5.90. The van der Waals surface area contributed by atoms with Crippen LogP contribution in [0.2, 0.25) is 0 Å². The number of carbonyl (C=O) groups is 1. The fourth-order valence-electron chi connectivity index (χ4n) is 5.90. The van der Waals surface area contributed by atoms with Gasteiger partial charge in [0.15, 0.2) is 0 Å². The molecule has 0 radical (unpaired) electrons. The maximum Gasteiger partial charge on any atom is 0.217 e. The summed E-state index contributed by atoms with van der Waals surface area (Å²) in [7, 11) is 0. The van der Waals surface area contributed by atoms with E-state index in [1.54, 1.807) is 6.92 Å². The minimum Gasteiger partial charge on any atom is -0.366 e.